The highest BCUT2D eigenvalue weighted by Gasteiger charge is 2.34. The fourth-order valence-corrected chi connectivity index (χ4v) is 4.33. The van der Waals surface area contributed by atoms with Crippen LogP contribution < -0.4 is 15.0 Å². The number of nitrogens with one attached hydrogen (secondary N) is 1. The lowest BCUT2D eigenvalue weighted by molar-refractivity contribution is -0.123. The van der Waals surface area contributed by atoms with Gasteiger partial charge in [0.25, 0.3) is 5.91 Å². The molecule has 0 aromatic heterocycles. The second kappa shape index (κ2) is 9.20. The van der Waals surface area contributed by atoms with Crippen molar-refractivity contribution >= 4 is 46.9 Å². The molecule has 2 aliphatic heterocycles. The lowest BCUT2D eigenvalue weighted by Crippen LogP contribution is -2.30. The maximum absolute atomic E-state index is 12.9. The molecule has 6 nitrogen and oxygen atoms in total. The first-order valence-electron chi connectivity index (χ1n) is 10.2. The normalized spacial score (nSPS) is 18.0. The Bertz CT molecular complexity index is 1050. The van der Waals surface area contributed by atoms with Crippen LogP contribution in [-0.2, 0) is 11.3 Å². The van der Waals surface area contributed by atoms with Gasteiger partial charge in [-0.15, -0.1) is 0 Å². The second-order valence-corrected chi connectivity index (χ2v) is 8.43. The van der Waals surface area contributed by atoms with E-state index in [9.17, 15) is 9.59 Å². The smallest absolute Gasteiger partial charge is 0.329 e. The van der Waals surface area contributed by atoms with Crippen LogP contribution in [0.2, 0.25) is 10.0 Å². The van der Waals surface area contributed by atoms with E-state index in [-0.39, 0.29) is 12.2 Å². The van der Waals surface area contributed by atoms with Gasteiger partial charge in [0, 0.05) is 40.5 Å². The van der Waals surface area contributed by atoms with Crippen LogP contribution in [0.15, 0.2) is 42.1 Å². The quantitative estimate of drug-likeness (QED) is 0.499. The van der Waals surface area contributed by atoms with E-state index in [4.69, 9.17) is 27.9 Å². The number of ether oxygens (including phenoxy) is 1. The maximum atomic E-state index is 12.9. The second-order valence-electron chi connectivity index (χ2n) is 7.59. The van der Waals surface area contributed by atoms with E-state index in [1.807, 2.05) is 18.2 Å². The van der Waals surface area contributed by atoms with E-state index in [2.05, 4.69) is 10.2 Å². The molecular weight excluding hydrogens is 437 g/mol. The van der Waals surface area contributed by atoms with Gasteiger partial charge in [0.1, 0.15) is 11.4 Å². The molecule has 2 aromatic rings. The number of piperidine rings is 1. The highest BCUT2D eigenvalue weighted by molar-refractivity contribution is 6.35. The molecule has 2 saturated heterocycles. The molecule has 4 rings (SSSR count). The van der Waals surface area contributed by atoms with Crippen molar-refractivity contribution in [2.24, 2.45) is 0 Å². The number of nitrogens with zero attached hydrogens (tertiary/aromatic N) is 2. The number of anilines is 1. The van der Waals surface area contributed by atoms with Crippen LogP contribution in [0, 0.1) is 0 Å². The van der Waals surface area contributed by atoms with Crippen LogP contribution in [-0.4, -0.2) is 37.0 Å². The summed E-state index contributed by atoms with van der Waals surface area (Å²) in [4.78, 5) is 28.8. The highest BCUT2D eigenvalue weighted by Crippen LogP contribution is 2.30. The minimum absolute atomic E-state index is 0.0586. The first-order valence-corrected chi connectivity index (χ1v) is 10.9. The van der Waals surface area contributed by atoms with Gasteiger partial charge in [0.2, 0.25) is 0 Å². The van der Waals surface area contributed by atoms with Gasteiger partial charge in [-0.2, -0.15) is 0 Å². The third-order valence-corrected chi connectivity index (χ3v) is 6.13. The Labute approximate surface area is 191 Å². The SMILES string of the molecule is COc1cc(N2CCCCC2)ccc1/C=C1\NC(=O)N(Cc2ccc(Cl)cc2Cl)C1=O. The number of hydrogen-bond donors (Lipinski definition) is 1. The molecule has 2 heterocycles. The Morgan fingerprint density at radius 2 is 1.84 bits per heavy atom. The van der Waals surface area contributed by atoms with Crippen LogP contribution in [0.1, 0.15) is 30.4 Å². The molecule has 2 aromatic carbocycles. The molecule has 0 aliphatic carbocycles. The molecule has 2 fully saturated rings. The monoisotopic (exact) mass is 459 g/mol. The molecule has 31 heavy (non-hydrogen) atoms. The summed E-state index contributed by atoms with van der Waals surface area (Å²) >= 11 is 12.1. The Morgan fingerprint density at radius 1 is 1.06 bits per heavy atom. The summed E-state index contributed by atoms with van der Waals surface area (Å²) in [6.45, 7) is 2.11. The Hall–Kier alpha value is -2.70. The van der Waals surface area contributed by atoms with E-state index in [1.165, 1.54) is 19.3 Å². The number of amides is 3. The summed E-state index contributed by atoms with van der Waals surface area (Å²) in [7, 11) is 1.60. The van der Waals surface area contributed by atoms with Crippen molar-refractivity contribution < 1.29 is 14.3 Å². The summed E-state index contributed by atoms with van der Waals surface area (Å²) in [6, 6.07) is 10.4. The summed E-state index contributed by atoms with van der Waals surface area (Å²) in [6.07, 6.45) is 5.27. The minimum atomic E-state index is -0.494. The number of benzene rings is 2. The molecule has 0 saturated carbocycles. The lowest BCUT2D eigenvalue weighted by atomic mass is 10.1. The number of urea groups is 1. The van der Waals surface area contributed by atoms with Crippen LogP contribution in [0.3, 0.4) is 0 Å². The third kappa shape index (κ3) is 4.65. The molecular formula is C23H23Cl2N3O3. The average Bonchev–Trinajstić information content (AvgIpc) is 3.03. The topological polar surface area (TPSA) is 61.9 Å². The average molecular weight is 460 g/mol. The molecule has 0 atom stereocenters. The van der Waals surface area contributed by atoms with Crippen LogP contribution in [0.4, 0.5) is 10.5 Å². The molecule has 1 N–H and O–H groups in total. The van der Waals surface area contributed by atoms with Crippen molar-refractivity contribution in [3.63, 3.8) is 0 Å². The fraction of sp³-hybridized carbons (Fsp3) is 0.304. The van der Waals surface area contributed by atoms with Crippen molar-refractivity contribution in [1.82, 2.24) is 10.2 Å². The van der Waals surface area contributed by atoms with Gasteiger partial charge in [0.05, 0.1) is 13.7 Å². The molecule has 2 aliphatic rings. The molecule has 0 bridgehead atoms. The summed E-state index contributed by atoms with van der Waals surface area (Å²) in [5, 5.41) is 3.54. The van der Waals surface area contributed by atoms with Crippen molar-refractivity contribution in [2.45, 2.75) is 25.8 Å². The van der Waals surface area contributed by atoms with Gasteiger partial charge in [-0.1, -0.05) is 29.3 Å². The van der Waals surface area contributed by atoms with Gasteiger partial charge >= 0.3 is 6.03 Å². The molecule has 8 heteroatoms. The number of imide groups is 1. The number of carbonyl (C=O) groups excluding carboxylic acids is 2. The van der Waals surface area contributed by atoms with E-state index >= 15 is 0 Å². The zero-order valence-electron chi connectivity index (χ0n) is 17.2. The van der Waals surface area contributed by atoms with E-state index in [0.717, 1.165) is 29.2 Å². The Morgan fingerprint density at radius 3 is 2.55 bits per heavy atom. The molecule has 0 spiro atoms. The largest absolute Gasteiger partial charge is 0.496 e. The predicted octanol–water partition coefficient (Wildman–Crippen LogP) is 5.09. The lowest BCUT2D eigenvalue weighted by Gasteiger charge is -2.29. The zero-order chi connectivity index (χ0) is 22.0. The molecule has 162 valence electrons. The van der Waals surface area contributed by atoms with Crippen molar-refractivity contribution in [3.8, 4) is 5.75 Å². The third-order valence-electron chi connectivity index (χ3n) is 5.54. The first kappa shape index (κ1) is 21.5. The van der Waals surface area contributed by atoms with Gasteiger partial charge in [-0.3, -0.25) is 9.69 Å². The molecule has 3 amide bonds. The first-order chi connectivity index (χ1) is 15.0. The van der Waals surface area contributed by atoms with E-state index in [1.54, 1.807) is 31.4 Å². The van der Waals surface area contributed by atoms with Crippen LogP contribution in [0.5, 0.6) is 5.75 Å². The van der Waals surface area contributed by atoms with E-state index < -0.39 is 11.9 Å². The Kier molecular flexibility index (Phi) is 6.39. The predicted molar refractivity (Wildman–Crippen MR) is 123 cm³/mol. The van der Waals surface area contributed by atoms with Gasteiger partial charge < -0.3 is 15.0 Å². The molecule has 0 unspecified atom stereocenters. The summed E-state index contributed by atoms with van der Waals surface area (Å²) < 4.78 is 5.56. The minimum Gasteiger partial charge on any atom is -0.496 e. The zero-order valence-corrected chi connectivity index (χ0v) is 18.7. The maximum Gasteiger partial charge on any atom is 0.329 e. The van der Waals surface area contributed by atoms with Crippen molar-refractivity contribution in [2.75, 3.05) is 25.1 Å². The van der Waals surface area contributed by atoms with Crippen LogP contribution >= 0.6 is 23.2 Å². The number of carbonyl (C=O) groups is 2. The van der Waals surface area contributed by atoms with Gasteiger partial charge in [-0.05, 0) is 55.2 Å². The number of rotatable bonds is 5. The summed E-state index contributed by atoms with van der Waals surface area (Å²) in [5.41, 5.74) is 2.65. The summed E-state index contributed by atoms with van der Waals surface area (Å²) in [5.74, 6) is 0.231. The van der Waals surface area contributed by atoms with Gasteiger partial charge in [0.15, 0.2) is 0 Å². The van der Waals surface area contributed by atoms with Crippen molar-refractivity contribution in [3.05, 3.63) is 63.3 Å². The van der Waals surface area contributed by atoms with E-state index in [0.29, 0.717) is 21.4 Å². The fourth-order valence-electron chi connectivity index (χ4n) is 3.86. The standard InChI is InChI=1S/C23H23Cl2N3O3/c1-31-21-13-18(27-9-3-2-4-10-27)8-6-15(21)11-20-22(29)28(23(30)26-20)14-16-5-7-17(24)12-19(16)25/h5-8,11-13H,2-4,9-10,14H2,1H3,(H,26,30)/b20-11-. The number of methoxy groups -OCH3 is 1. The molecule has 0 radical (unpaired) electrons. The number of halogens is 2. The highest BCUT2D eigenvalue weighted by atomic mass is 35.5. The van der Waals surface area contributed by atoms with Crippen LogP contribution in [0.25, 0.3) is 6.08 Å². The van der Waals surface area contributed by atoms with Gasteiger partial charge in [-0.25, -0.2) is 4.79 Å². The van der Waals surface area contributed by atoms with Crippen molar-refractivity contribution in [1.29, 1.82) is 0 Å². The Balaban J connectivity index is 1.55. The number of hydrogen-bond acceptors (Lipinski definition) is 4.